The predicted molar refractivity (Wildman–Crippen MR) is 214 cm³/mol. The number of rotatable bonds is 6. The average molecular weight is 639 g/mol. The van der Waals surface area contributed by atoms with Crippen LogP contribution in [0, 0.1) is 0 Å². The number of hydrogen-bond acceptors (Lipinski definition) is 1. The second kappa shape index (κ2) is 11.4. The van der Waals surface area contributed by atoms with Crippen molar-refractivity contribution in [3.63, 3.8) is 0 Å². The van der Waals surface area contributed by atoms with Gasteiger partial charge in [0.2, 0.25) is 0 Å². The topological polar surface area (TPSA) is 8.17 Å². The van der Waals surface area contributed by atoms with E-state index in [1.165, 1.54) is 82.2 Å². The number of nitrogens with zero attached hydrogens (tertiary/aromatic N) is 2. The lowest BCUT2D eigenvalue weighted by atomic mass is 9.88. The van der Waals surface area contributed by atoms with E-state index in [2.05, 4.69) is 192 Å². The smallest absolute Gasteiger partial charge is 0.0543 e. The summed E-state index contributed by atoms with van der Waals surface area (Å²) in [6.07, 6.45) is 0.959. The van der Waals surface area contributed by atoms with Crippen molar-refractivity contribution in [2.24, 2.45) is 0 Å². The lowest BCUT2D eigenvalue weighted by molar-refractivity contribution is 1.15. The van der Waals surface area contributed by atoms with Crippen LogP contribution in [0.2, 0.25) is 0 Å². The van der Waals surface area contributed by atoms with Crippen molar-refractivity contribution in [2.75, 3.05) is 4.90 Å². The molecule has 0 aliphatic rings. The van der Waals surface area contributed by atoms with Crippen molar-refractivity contribution in [1.29, 1.82) is 0 Å². The number of benzene rings is 9. The lowest BCUT2D eigenvalue weighted by Gasteiger charge is -2.28. The predicted octanol–water partition coefficient (Wildman–Crippen LogP) is 13.4. The molecule has 0 amide bonds. The summed E-state index contributed by atoms with van der Waals surface area (Å²) in [7, 11) is 0. The monoisotopic (exact) mass is 638 g/mol. The van der Waals surface area contributed by atoms with Crippen LogP contribution in [0.4, 0.5) is 17.1 Å². The molecular formula is C48H34N2. The molecule has 0 saturated carbocycles. The summed E-state index contributed by atoms with van der Waals surface area (Å²) < 4.78 is 2.38. The molecule has 1 aromatic heterocycles. The van der Waals surface area contributed by atoms with Crippen molar-refractivity contribution in [1.82, 2.24) is 4.57 Å². The first-order valence-electron chi connectivity index (χ1n) is 17.5. The van der Waals surface area contributed by atoms with Gasteiger partial charge in [0.25, 0.3) is 0 Å². The Labute approximate surface area is 291 Å². The lowest BCUT2D eigenvalue weighted by Crippen LogP contribution is -2.11. The van der Waals surface area contributed by atoms with Crippen LogP contribution in [0.25, 0.3) is 70.9 Å². The van der Waals surface area contributed by atoms with Crippen LogP contribution in [-0.4, -0.2) is 4.57 Å². The van der Waals surface area contributed by atoms with Gasteiger partial charge in [0.1, 0.15) is 0 Å². The molecule has 1 heterocycles. The van der Waals surface area contributed by atoms with Crippen molar-refractivity contribution in [3.8, 4) is 16.8 Å². The average Bonchev–Trinajstić information content (AvgIpc) is 3.52. The van der Waals surface area contributed by atoms with E-state index in [9.17, 15) is 0 Å². The van der Waals surface area contributed by atoms with Crippen LogP contribution in [0.3, 0.4) is 0 Å². The van der Waals surface area contributed by atoms with Crippen LogP contribution < -0.4 is 4.90 Å². The second-order valence-corrected chi connectivity index (χ2v) is 13.2. The zero-order chi connectivity index (χ0) is 33.2. The Hall–Kier alpha value is -6.38. The fraction of sp³-hybridized carbons (Fsp3) is 0.0417. The molecule has 50 heavy (non-hydrogen) atoms. The number of anilines is 3. The Kier molecular flexibility index (Phi) is 6.50. The third kappa shape index (κ3) is 4.35. The molecule has 10 aromatic rings. The molecule has 0 atom stereocenters. The van der Waals surface area contributed by atoms with E-state index in [-0.39, 0.29) is 0 Å². The second-order valence-electron chi connectivity index (χ2n) is 13.2. The summed E-state index contributed by atoms with van der Waals surface area (Å²) in [5.74, 6) is 0. The summed E-state index contributed by atoms with van der Waals surface area (Å²) in [6, 6.07) is 64.5. The van der Waals surface area contributed by atoms with Gasteiger partial charge in [0, 0.05) is 33.2 Å². The van der Waals surface area contributed by atoms with Gasteiger partial charge >= 0.3 is 0 Å². The molecule has 10 rings (SSSR count). The third-order valence-electron chi connectivity index (χ3n) is 10.5. The minimum atomic E-state index is 0.959. The van der Waals surface area contributed by atoms with Crippen molar-refractivity contribution in [2.45, 2.75) is 13.3 Å². The van der Waals surface area contributed by atoms with Gasteiger partial charge in [-0.25, -0.2) is 0 Å². The van der Waals surface area contributed by atoms with E-state index < -0.39 is 0 Å². The SMILES string of the molecule is CCc1cc(N(c2ccccc2)c2ccccc2)c2ccc3cc(-c4ccc5c(c4)c4ccccc4n5-c4ccccc4)cc4ccc1c2c43. The van der Waals surface area contributed by atoms with Crippen LogP contribution in [0.5, 0.6) is 0 Å². The molecule has 9 aromatic carbocycles. The van der Waals surface area contributed by atoms with E-state index in [1.54, 1.807) is 0 Å². The Balaban J connectivity index is 1.19. The molecule has 0 radical (unpaired) electrons. The summed E-state index contributed by atoms with van der Waals surface area (Å²) in [5.41, 5.74) is 11.0. The Morgan fingerprint density at radius 1 is 0.440 bits per heavy atom. The van der Waals surface area contributed by atoms with E-state index in [1.807, 2.05) is 0 Å². The minimum absolute atomic E-state index is 0.959. The molecule has 0 N–H and O–H groups in total. The molecule has 0 bridgehead atoms. The number of hydrogen-bond donors (Lipinski definition) is 0. The molecule has 0 fully saturated rings. The van der Waals surface area contributed by atoms with E-state index in [0.717, 1.165) is 17.8 Å². The van der Waals surface area contributed by atoms with Gasteiger partial charge in [0.15, 0.2) is 0 Å². The zero-order valence-corrected chi connectivity index (χ0v) is 27.8. The van der Waals surface area contributed by atoms with Crippen molar-refractivity contribution < 1.29 is 0 Å². The Bertz CT molecular complexity index is 2770. The first-order valence-corrected chi connectivity index (χ1v) is 17.5. The summed E-state index contributed by atoms with van der Waals surface area (Å²) >= 11 is 0. The van der Waals surface area contributed by atoms with Crippen molar-refractivity contribution in [3.05, 3.63) is 181 Å². The van der Waals surface area contributed by atoms with Gasteiger partial charge in [-0.2, -0.15) is 0 Å². The highest BCUT2D eigenvalue weighted by atomic mass is 15.1. The molecule has 0 aliphatic heterocycles. The van der Waals surface area contributed by atoms with Gasteiger partial charge in [0.05, 0.1) is 16.7 Å². The Morgan fingerprint density at radius 2 is 1.04 bits per heavy atom. The van der Waals surface area contributed by atoms with Gasteiger partial charge in [-0.15, -0.1) is 0 Å². The largest absolute Gasteiger partial charge is 0.310 e. The first-order chi connectivity index (χ1) is 24.8. The van der Waals surface area contributed by atoms with E-state index in [4.69, 9.17) is 0 Å². The van der Waals surface area contributed by atoms with Gasteiger partial charge in [-0.1, -0.05) is 110 Å². The number of aromatic nitrogens is 1. The highest BCUT2D eigenvalue weighted by Crippen LogP contribution is 2.46. The molecule has 0 aliphatic carbocycles. The van der Waals surface area contributed by atoms with Gasteiger partial charge in [-0.3, -0.25) is 0 Å². The Morgan fingerprint density at radius 3 is 1.72 bits per heavy atom. The fourth-order valence-electron chi connectivity index (χ4n) is 8.20. The molecular weight excluding hydrogens is 605 g/mol. The molecule has 0 unspecified atom stereocenters. The summed E-state index contributed by atoms with van der Waals surface area (Å²) in [4.78, 5) is 2.41. The number of fused-ring (bicyclic) bond motifs is 3. The first kappa shape index (κ1) is 28.6. The van der Waals surface area contributed by atoms with Crippen molar-refractivity contribution >= 4 is 71.2 Å². The molecule has 2 nitrogen and oxygen atoms in total. The maximum absolute atomic E-state index is 2.41. The van der Waals surface area contributed by atoms with Gasteiger partial charge < -0.3 is 9.47 Å². The third-order valence-corrected chi connectivity index (χ3v) is 10.5. The molecule has 2 heteroatoms. The standard InChI is InChI=1S/C48H34N2/c1-2-32-31-46(49(37-14-6-3-7-15-37)38-16-8-4-9-17-38)42-26-23-35-29-36(28-34-22-25-40(32)48(42)47(34)35)33-24-27-45-43(30-33)41-20-12-13-21-44(41)50(45)39-18-10-5-11-19-39/h3-31H,2H2,1H3. The van der Waals surface area contributed by atoms with E-state index in [0.29, 0.717) is 0 Å². The van der Waals surface area contributed by atoms with Gasteiger partial charge in [-0.05, 0) is 123 Å². The van der Waals surface area contributed by atoms with E-state index >= 15 is 0 Å². The molecule has 0 saturated heterocycles. The maximum atomic E-state index is 2.41. The highest BCUT2D eigenvalue weighted by molar-refractivity contribution is 6.27. The summed E-state index contributed by atoms with van der Waals surface area (Å²) in [5, 5.41) is 10.4. The number of para-hydroxylation sites is 4. The van der Waals surface area contributed by atoms with Crippen LogP contribution >= 0.6 is 0 Å². The highest BCUT2D eigenvalue weighted by Gasteiger charge is 2.21. The fourth-order valence-corrected chi connectivity index (χ4v) is 8.20. The van der Waals surface area contributed by atoms with Crippen LogP contribution in [-0.2, 0) is 6.42 Å². The normalized spacial score (nSPS) is 11.8. The zero-order valence-electron chi connectivity index (χ0n) is 27.8. The molecule has 0 spiro atoms. The molecule has 236 valence electrons. The van der Waals surface area contributed by atoms with Crippen LogP contribution in [0.15, 0.2) is 176 Å². The minimum Gasteiger partial charge on any atom is -0.310 e. The summed E-state index contributed by atoms with van der Waals surface area (Å²) in [6.45, 7) is 2.27. The van der Waals surface area contributed by atoms with Crippen LogP contribution in [0.1, 0.15) is 12.5 Å². The quantitative estimate of drug-likeness (QED) is 0.165. The maximum Gasteiger partial charge on any atom is 0.0543 e. The number of aryl methyl sites for hydroxylation is 1.